The second kappa shape index (κ2) is 9.50. The van der Waals surface area contributed by atoms with E-state index < -0.39 is 16.3 Å². The highest BCUT2D eigenvalue weighted by Gasteiger charge is 2.30. The minimum atomic E-state index is -3.39. The Kier molecular flexibility index (Phi) is 7.60. The molecule has 1 heterocycles. The second-order valence-corrected chi connectivity index (χ2v) is 8.95. The van der Waals surface area contributed by atoms with Crippen LogP contribution < -0.4 is 10.1 Å². The van der Waals surface area contributed by atoms with Crippen molar-refractivity contribution in [2.45, 2.75) is 38.4 Å². The second-order valence-electron chi connectivity index (χ2n) is 6.81. The lowest BCUT2D eigenvalue weighted by Gasteiger charge is -2.32. The number of carbonyl (C=O) groups excluding carboxylic acids is 1. The van der Waals surface area contributed by atoms with Crippen LogP contribution in [0.4, 0.5) is 0 Å². The van der Waals surface area contributed by atoms with Gasteiger partial charge in [0.1, 0.15) is 11.9 Å². The summed E-state index contributed by atoms with van der Waals surface area (Å²) < 4.78 is 32.9. The highest BCUT2D eigenvalue weighted by atomic mass is 32.2. The van der Waals surface area contributed by atoms with E-state index in [-0.39, 0.29) is 18.6 Å². The standard InChI is InChI=1S/C18H29N3O5S/c1-4-15(22)13-19-18(23)14-6-5-7-17(12-14)26-16-8-10-21(11-9-16)27(24,25)20(2)3/h5-7,12,15-16,22H,4,8-11,13H2,1-3H3,(H,19,23). The first-order chi connectivity index (χ1) is 12.7. The Morgan fingerprint density at radius 1 is 1.37 bits per heavy atom. The van der Waals surface area contributed by atoms with Gasteiger partial charge in [0, 0.05) is 39.3 Å². The van der Waals surface area contributed by atoms with E-state index in [1.54, 1.807) is 24.3 Å². The minimum Gasteiger partial charge on any atom is -0.490 e. The minimum absolute atomic E-state index is 0.0983. The number of ether oxygens (including phenoxy) is 1. The average molecular weight is 400 g/mol. The van der Waals surface area contributed by atoms with Gasteiger partial charge < -0.3 is 15.2 Å². The lowest BCUT2D eigenvalue weighted by molar-refractivity contribution is 0.0912. The van der Waals surface area contributed by atoms with Crippen molar-refractivity contribution in [1.82, 2.24) is 13.9 Å². The van der Waals surface area contributed by atoms with Gasteiger partial charge in [0.15, 0.2) is 0 Å². The Hall–Kier alpha value is -1.68. The molecule has 0 bridgehead atoms. The number of aliphatic hydroxyl groups excluding tert-OH is 1. The summed E-state index contributed by atoms with van der Waals surface area (Å²) in [6, 6.07) is 6.87. The van der Waals surface area contributed by atoms with E-state index in [9.17, 15) is 18.3 Å². The van der Waals surface area contributed by atoms with Crippen LogP contribution in [0.15, 0.2) is 24.3 Å². The molecule has 0 radical (unpaired) electrons. The van der Waals surface area contributed by atoms with Crippen molar-refractivity contribution in [1.29, 1.82) is 0 Å². The molecule has 1 unspecified atom stereocenters. The monoisotopic (exact) mass is 399 g/mol. The molecule has 1 aromatic carbocycles. The van der Waals surface area contributed by atoms with Gasteiger partial charge in [-0.15, -0.1) is 0 Å². The number of rotatable bonds is 8. The zero-order chi connectivity index (χ0) is 20.0. The van der Waals surface area contributed by atoms with Gasteiger partial charge in [-0.2, -0.15) is 17.0 Å². The van der Waals surface area contributed by atoms with Crippen molar-refractivity contribution < 1.29 is 23.1 Å². The fourth-order valence-electron chi connectivity index (χ4n) is 2.77. The summed E-state index contributed by atoms with van der Waals surface area (Å²) in [5.74, 6) is 0.312. The number of piperidine rings is 1. The van der Waals surface area contributed by atoms with Crippen LogP contribution in [0.3, 0.4) is 0 Å². The number of benzene rings is 1. The van der Waals surface area contributed by atoms with E-state index in [0.717, 1.165) is 0 Å². The lowest BCUT2D eigenvalue weighted by Crippen LogP contribution is -2.46. The van der Waals surface area contributed by atoms with Crippen LogP contribution in [0, 0.1) is 0 Å². The van der Waals surface area contributed by atoms with Crippen molar-refractivity contribution in [3.63, 3.8) is 0 Å². The maximum atomic E-state index is 12.2. The summed E-state index contributed by atoms with van der Waals surface area (Å²) in [6.45, 7) is 2.86. The smallest absolute Gasteiger partial charge is 0.281 e. The molecule has 1 amide bonds. The number of hydrogen-bond acceptors (Lipinski definition) is 5. The number of carbonyl (C=O) groups is 1. The Balaban J connectivity index is 1.91. The lowest BCUT2D eigenvalue weighted by atomic mass is 10.1. The Morgan fingerprint density at radius 2 is 2.04 bits per heavy atom. The number of amides is 1. The Bertz CT molecular complexity index is 730. The van der Waals surface area contributed by atoms with Crippen LogP contribution in [-0.2, 0) is 10.2 Å². The van der Waals surface area contributed by atoms with Gasteiger partial charge in [0.25, 0.3) is 16.1 Å². The van der Waals surface area contributed by atoms with Crippen LogP contribution in [-0.4, -0.2) is 74.0 Å². The molecular weight excluding hydrogens is 370 g/mol. The molecule has 1 aliphatic rings. The fourth-order valence-corrected chi connectivity index (χ4v) is 3.91. The van der Waals surface area contributed by atoms with Crippen LogP contribution in [0.2, 0.25) is 0 Å². The predicted octanol–water partition coefficient (Wildman–Crippen LogP) is 0.837. The quantitative estimate of drug-likeness (QED) is 0.675. The zero-order valence-electron chi connectivity index (χ0n) is 16.1. The molecule has 1 atom stereocenters. The summed E-state index contributed by atoms with van der Waals surface area (Å²) in [5.41, 5.74) is 0.462. The van der Waals surface area contributed by atoms with Gasteiger partial charge in [0.2, 0.25) is 0 Å². The fraction of sp³-hybridized carbons (Fsp3) is 0.611. The largest absolute Gasteiger partial charge is 0.490 e. The molecule has 0 spiro atoms. The van der Waals surface area contributed by atoms with E-state index in [1.807, 2.05) is 6.92 Å². The van der Waals surface area contributed by atoms with Crippen LogP contribution in [0.5, 0.6) is 5.75 Å². The maximum absolute atomic E-state index is 12.2. The molecule has 9 heteroatoms. The summed E-state index contributed by atoms with van der Waals surface area (Å²) in [4.78, 5) is 12.2. The Morgan fingerprint density at radius 3 is 2.63 bits per heavy atom. The van der Waals surface area contributed by atoms with E-state index in [1.165, 1.54) is 22.7 Å². The first-order valence-corrected chi connectivity index (χ1v) is 10.5. The van der Waals surface area contributed by atoms with Crippen molar-refractivity contribution in [2.75, 3.05) is 33.7 Å². The van der Waals surface area contributed by atoms with Crippen molar-refractivity contribution in [3.8, 4) is 5.75 Å². The molecule has 0 saturated carbocycles. The summed E-state index contributed by atoms with van der Waals surface area (Å²) >= 11 is 0. The third-order valence-electron chi connectivity index (χ3n) is 4.56. The summed E-state index contributed by atoms with van der Waals surface area (Å²) in [7, 11) is -0.349. The van der Waals surface area contributed by atoms with Crippen molar-refractivity contribution in [3.05, 3.63) is 29.8 Å². The summed E-state index contributed by atoms with van der Waals surface area (Å²) in [6.07, 6.45) is 1.10. The SMILES string of the molecule is CCC(O)CNC(=O)c1cccc(OC2CCN(S(=O)(=O)N(C)C)CC2)c1. The van der Waals surface area contributed by atoms with E-state index in [0.29, 0.717) is 43.7 Å². The number of aliphatic hydroxyl groups is 1. The topological polar surface area (TPSA) is 99.2 Å². The normalized spacial score (nSPS) is 17.7. The molecule has 1 fully saturated rings. The summed E-state index contributed by atoms with van der Waals surface area (Å²) in [5, 5.41) is 12.2. The molecule has 0 aliphatic carbocycles. The molecule has 1 saturated heterocycles. The van der Waals surface area contributed by atoms with Crippen molar-refractivity contribution >= 4 is 16.1 Å². The van der Waals surface area contributed by atoms with Gasteiger partial charge >= 0.3 is 0 Å². The Labute approximate surface area is 161 Å². The molecule has 1 aromatic rings. The van der Waals surface area contributed by atoms with Crippen molar-refractivity contribution in [2.24, 2.45) is 0 Å². The number of nitrogens with zero attached hydrogens (tertiary/aromatic N) is 2. The van der Waals surface area contributed by atoms with E-state index in [4.69, 9.17) is 4.74 Å². The first-order valence-electron chi connectivity index (χ1n) is 9.14. The molecule has 0 aromatic heterocycles. The highest BCUT2D eigenvalue weighted by Crippen LogP contribution is 2.22. The van der Waals surface area contributed by atoms with Crippen LogP contribution in [0.1, 0.15) is 36.5 Å². The first kappa shape index (κ1) is 21.6. The van der Waals surface area contributed by atoms with Gasteiger partial charge in [-0.05, 0) is 37.5 Å². The predicted molar refractivity (Wildman–Crippen MR) is 103 cm³/mol. The molecule has 8 nitrogen and oxygen atoms in total. The van der Waals surface area contributed by atoms with Gasteiger partial charge in [-0.25, -0.2) is 0 Å². The molecular formula is C18H29N3O5S. The van der Waals surface area contributed by atoms with Gasteiger partial charge in [0.05, 0.1) is 6.10 Å². The molecule has 2 N–H and O–H groups in total. The third-order valence-corrected chi connectivity index (χ3v) is 6.50. The molecule has 27 heavy (non-hydrogen) atoms. The zero-order valence-corrected chi connectivity index (χ0v) is 16.9. The maximum Gasteiger partial charge on any atom is 0.281 e. The number of nitrogens with one attached hydrogen (secondary N) is 1. The van der Waals surface area contributed by atoms with E-state index in [2.05, 4.69) is 5.32 Å². The number of hydrogen-bond donors (Lipinski definition) is 2. The highest BCUT2D eigenvalue weighted by molar-refractivity contribution is 7.86. The van der Waals surface area contributed by atoms with E-state index >= 15 is 0 Å². The average Bonchev–Trinajstić information content (AvgIpc) is 2.66. The molecule has 2 rings (SSSR count). The third kappa shape index (κ3) is 5.90. The van der Waals surface area contributed by atoms with Crippen LogP contribution in [0.25, 0.3) is 0 Å². The van der Waals surface area contributed by atoms with Gasteiger partial charge in [-0.3, -0.25) is 4.79 Å². The van der Waals surface area contributed by atoms with Gasteiger partial charge in [-0.1, -0.05) is 13.0 Å². The molecule has 1 aliphatic heterocycles. The van der Waals surface area contributed by atoms with Crippen LogP contribution >= 0.6 is 0 Å². The molecule has 152 valence electrons.